The molecule has 0 amide bonds. The van der Waals surface area contributed by atoms with Gasteiger partial charge in [-0.1, -0.05) is 31.5 Å². The lowest BCUT2D eigenvalue weighted by molar-refractivity contribution is 0.757. The maximum absolute atomic E-state index is 4.71. The molecule has 0 unspecified atom stereocenters. The van der Waals surface area contributed by atoms with E-state index in [-0.39, 0.29) is 0 Å². The van der Waals surface area contributed by atoms with Gasteiger partial charge < -0.3 is 9.80 Å². The highest BCUT2D eigenvalue weighted by Gasteiger charge is 2.11. The summed E-state index contributed by atoms with van der Waals surface area (Å²) < 4.78 is 0. The Bertz CT molecular complexity index is 541. The van der Waals surface area contributed by atoms with Gasteiger partial charge >= 0.3 is 0 Å². The van der Waals surface area contributed by atoms with Crippen molar-refractivity contribution in [2.24, 2.45) is 0 Å². The van der Waals surface area contributed by atoms with Crippen molar-refractivity contribution >= 4 is 17.5 Å². The molecule has 21 heavy (non-hydrogen) atoms. The van der Waals surface area contributed by atoms with Crippen LogP contribution in [0.5, 0.6) is 0 Å². The summed E-state index contributed by atoms with van der Waals surface area (Å²) in [7, 11) is 2.08. The molecule has 1 heterocycles. The van der Waals surface area contributed by atoms with Gasteiger partial charge in [0.25, 0.3) is 0 Å². The van der Waals surface area contributed by atoms with Crippen molar-refractivity contribution in [1.82, 2.24) is 9.97 Å². The minimum atomic E-state index is 0.754. The Labute approximate surface area is 127 Å². The first-order valence-electron chi connectivity index (χ1n) is 7.63. The molecular formula is C17H24N4. The Morgan fingerprint density at radius 1 is 1.05 bits per heavy atom. The molecule has 1 aromatic carbocycles. The number of para-hydroxylation sites is 1. The van der Waals surface area contributed by atoms with Crippen LogP contribution in [0.25, 0.3) is 0 Å². The van der Waals surface area contributed by atoms with E-state index in [1.807, 2.05) is 30.5 Å². The quantitative estimate of drug-likeness (QED) is 0.772. The number of unbranched alkanes of at least 4 members (excludes halogenated alkanes) is 1. The normalized spacial score (nSPS) is 10.4. The second-order valence-electron chi connectivity index (χ2n) is 5.07. The van der Waals surface area contributed by atoms with Crippen LogP contribution in [0.15, 0.2) is 42.6 Å². The van der Waals surface area contributed by atoms with Crippen LogP contribution < -0.4 is 9.80 Å². The monoisotopic (exact) mass is 284 g/mol. The zero-order valence-corrected chi connectivity index (χ0v) is 13.2. The summed E-state index contributed by atoms with van der Waals surface area (Å²) >= 11 is 0. The first-order valence-corrected chi connectivity index (χ1v) is 7.63. The predicted molar refractivity (Wildman–Crippen MR) is 89.3 cm³/mol. The van der Waals surface area contributed by atoms with E-state index in [0.29, 0.717) is 0 Å². The molecule has 0 spiro atoms. The van der Waals surface area contributed by atoms with Crippen LogP contribution >= 0.6 is 0 Å². The van der Waals surface area contributed by atoms with Gasteiger partial charge in [-0.3, -0.25) is 0 Å². The zero-order valence-electron chi connectivity index (χ0n) is 13.2. The van der Waals surface area contributed by atoms with E-state index in [1.165, 1.54) is 12.8 Å². The van der Waals surface area contributed by atoms with E-state index in [4.69, 9.17) is 4.98 Å². The van der Waals surface area contributed by atoms with Crippen LogP contribution in [-0.2, 0) is 0 Å². The maximum Gasteiger partial charge on any atom is 0.231 e. The molecule has 1 aromatic heterocycles. The Morgan fingerprint density at radius 3 is 2.48 bits per heavy atom. The number of hydrogen-bond acceptors (Lipinski definition) is 4. The van der Waals surface area contributed by atoms with Crippen molar-refractivity contribution in [3.63, 3.8) is 0 Å². The van der Waals surface area contributed by atoms with E-state index in [0.717, 1.165) is 30.5 Å². The third-order valence-electron chi connectivity index (χ3n) is 3.49. The zero-order chi connectivity index (χ0) is 15.1. The molecule has 112 valence electrons. The van der Waals surface area contributed by atoms with Gasteiger partial charge in [-0.05, 0) is 31.5 Å². The Morgan fingerprint density at radius 2 is 1.81 bits per heavy atom. The topological polar surface area (TPSA) is 32.3 Å². The van der Waals surface area contributed by atoms with E-state index in [1.54, 1.807) is 0 Å². The first-order chi connectivity index (χ1) is 10.3. The van der Waals surface area contributed by atoms with Crippen molar-refractivity contribution in [1.29, 1.82) is 0 Å². The van der Waals surface area contributed by atoms with Gasteiger partial charge in [0.05, 0.1) is 0 Å². The van der Waals surface area contributed by atoms with Gasteiger partial charge in [-0.2, -0.15) is 4.98 Å². The number of anilines is 3. The van der Waals surface area contributed by atoms with Crippen molar-refractivity contribution in [2.75, 3.05) is 29.9 Å². The van der Waals surface area contributed by atoms with Crippen LogP contribution in [0.1, 0.15) is 26.7 Å². The van der Waals surface area contributed by atoms with E-state index >= 15 is 0 Å². The largest absolute Gasteiger partial charge is 0.360 e. The molecule has 0 aliphatic heterocycles. The third kappa shape index (κ3) is 3.94. The van der Waals surface area contributed by atoms with Crippen molar-refractivity contribution < 1.29 is 0 Å². The van der Waals surface area contributed by atoms with Gasteiger partial charge in [0, 0.05) is 32.0 Å². The van der Waals surface area contributed by atoms with Crippen LogP contribution in [0.2, 0.25) is 0 Å². The van der Waals surface area contributed by atoms with Crippen molar-refractivity contribution in [2.45, 2.75) is 26.7 Å². The lowest BCUT2D eigenvalue weighted by Gasteiger charge is -2.23. The average Bonchev–Trinajstić information content (AvgIpc) is 2.54. The predicted octanol–water partition coefficient (Wildman–Crippen LogP) is 3.87. The highest BCUT2D eigenvalue weighted by atomic mass is 15.3. The Hall–Kier alpha value is -2.10. The Kier molecular flexibility index (Phi) is 5.55. The number of aromatic nitrogens is 2. The fraction of sp³-hybridized carbons (Fsp3) is 0.412. The van der Waals surface area contributed by atoms with Crippen molar-refractivity contribution in [3.05, 3.63) is 42.6 Å². The number of hydrogen-bond donors (Lipinski definition) is 0. The molecule has 0 fully saturated rings. The lowest BCUT2D eigenvalue weighted by atomic mass is 10.3. The SMILES string of the molecule is CCCCN(C)c1ccnc(N(CC)c2ccccc2)n1. The summed E-state index contributed by atoms with van der Waals surface area (Å²) in [5.74, 6) is 1.73. The molecule has 0 N–H and O–H groups in total. The van der Waals surface area contributed by atoms with Crippen molar-refractivity contribution in [3.8, 4) is 0 Å². The summed E-state index contributed by atoms with van der Waals surface area (Å²) in [6.45, 7) is 6.17. The van der Waals surface area contributed by atoms with Gasteiger partial charge in [0.2, 0.25) is 5.95 Å². The number of benzene rings is 1. The molecule has 0 bridgehead atoms. The standard InChI is InChI=1S/C17H24N4/c1-4-6-14-20(3)16-12-13-18-17(19-16)21(5-2)15-10-8-7-9-11-15/h7-13H,4-6,14H2,1-3H3. The summed E-state index contributed by atoms with van der Waals surface area (Å²) in [5.41, 5.74) is 1.12. The average molecular weight is 284 g/mol. The first kappa shape index (κ1) is 15.3. The highest BCUT2D eigenvalue weighted by molar-refractivity contribution is 5.58. The molecule has 0 aliphatic carbocycles. The molecule has 0 saturated carbocycles. The number of rotatable bonds is 7. The van der Waals surface area contributed by atoms with E-state index < -0.39 is 0 Å². The molecule has 4 nitrogen and oxygen atoms in total. The second-order valence-corrected chi connectivity index (χ2v) is 5.07. The molecular weight excluding hydrogens is 260 g/mol. The third-order valence-corrected chi connectivity index (χ3v) is 3.49. The molecule has 0 aliphatic rings. The smallest absolute Gasteiger partial charge is 0.231 e. The minimum Gasteiger partial charge on any atom is -0.360 e. The van der Waals surface area contributed by atoms with Gasteiger partial charge in [0.15, 0.2) is 0 Å². The van der Waals surface area contributed by atoms with E-state index in [9.17, 15) is 0 Å². The van der Waals surface area contributed by atoms with Crippen LogP contribution in [0, 0.1) is 0 Å². The summed E-state index contributed by atoms with van der Waals surface area (Å²) in [6.07, 6.45) is 4.20. The molecule has 2 rings (SSSR count). The summed E-state index contributed by atoms with van der Waals surface area (Å²) in [6, 6.07) is 12.2. The van der Waals surface area contributed by atoms with Crippen LogP contribution in [-0.4, -0.2) is 30.1 Å². The molecule has 4 heteroatoms. The highest BCUT2D eigenvalue weighted by Crippen LogP contribution is 2.22. The van der Waals surface area contributed by atoms with Gasteiger partial charge in [-0.15, -0.1) is 0 Å². The number of nitrogens with zero attached hydrogens (tertiary/aromatic N) is 4. The van der Waals surface area contributed by atoms with Crippen LogP contribution in [0.4, 0.5) is 17.5 Å². The Balaban J connectivity index is 2.23. The van der Waals surface area contributed by atoms with E-state index in [2.05, 4.69) is 47.8 Å². The lowest BCUT2D eigenvalue weighted by Crippen LogP contribution is -2.23. The van der Waals surface area contributed by atoms with Crippen LogP contribution in [0.3, 0.4) is 0 Å². The summed E-state index contributed by atoms with van der Waals surface area (Å²) in [5, 5.41) is 0. The van der Waals surface area contributed by atoms with Gasteiger partial charge in [0.1, 0.15) is 5.82 Å². The molecule has 2 aromatic rings. The minimum absolute atomic E-state index is 0.754. The molecule has 0 saturated heterocycles. The molecule has 0 atom stereocenters. The van der Waals surface area contributed by atoms with Gasteiger partial charge in [-0.25, -0.2) is 4.98 Å². The fourth-order valence-corrected chi connectivity index (χ4v) is 2.24. The fourth-order valence-electron chi connectivity index (χ4n) is 2.24. The summed E-state index contributed by atoms with van der Waals surface area (Å²) in [4.78, 5) is 13.5. The molecule has 0 radical (unpaired) electrons. The second kappa shape index (κ2) is 7.62. The maximum atomic E-state index is 4.71.